The third-order valence-electron chi connectivity index (χ3n) is 6.81. The van der Waals surface area contributed by atoms with Crippen LogP contribution < -0.4 is 5.32 Å². The largest absolute Gasteiger partial charge is 0.346 e. The molecule has 4 heterocycles. The predicted octanol–water partition coefficient (Wildman–Crippen LogP) is 2.45. The van der Waals surface area contributed by atoms with E-state index in [-0.39, 0.29) is 36.1 Å². The van der Waals surface area contributed by atoms with Crippen LogP contribution in [0.3, 0.4) is 0 Å². The highest BCUT2D eigenvalue weighted by Crippen LogP contribution is 2.22. The van der Waals surface area contributed by atoms with Gasteiger partial charge >= 0.3 is 0 Å². The van der Waals surface area contributed by atoms with E-state index in [1.165, 1.54) is 4.90 Å². The second kappa shape index (κ2) is 11.1. The first kappa shape index (κ1) is 26.3. The number of nitrogens with one attached hydrogen (secondary N) is 2. The van der Waals surface area contributed by atoms with E-state index in [2.05, 4.69) is 39.2 Å². The highest BCUT2D eigenvalue weighted by Gasteiger charge is 2.29. The normalized spacial score (nSPS) is 20.2. The van der Waals surface area contributed by atoms with Gasteiger partial charge in [0.15, 0.2) is 0 Å². The molecule has 0 radical (unpaired) electrons. The number of aromatic amines is 1. The summed E-state index contributed by atoms with van der Waals surface area (Å²) in [5, 5.41) is 8.61. The van der Waals surface area contributed by atoms with Crippen molar-refractivity contribution in [2.24, 2.45) is 5.92 Å². The second-order valence-corrected chi connectivity index (χ2v) is 10.1. The highest BCUT2D eigenvalue weighted by molar-refractivity contribution is 5.94. The van der Waals surface area contributed by atoms with Crippen LogP contribution in [0.15, 0.2) is 24.4 Å². The summed E-state index contributed by atoms with van der Waals surface area (Å²) in [5.41, 5.74) is 0.994. The molecule has 1 aliphatic heterocycles. The SMILES string of the molecule is Cc1nc2n(n1)CCN(C(=O)c1ccc3cc[nH]c3n1)CCCC(=O)N(C)[C@@H](C)C(=O)N[C@@H]2CC(C)C. The number of pyridine rings is 1. The number of rotatable bonds is 3. The Bertz CT molecular complexity index is 1280. The van der Waals surface area contributed by atoms with E-state index in [1.807, 2.05) is 19.1 Å². The fourth-order valence-corrected chi connectivity index (χ4v) is 4.62. The molecule has 0 bridgehead atoms. The average Bonchev–Trinajstić information content (AvgIpc) is 3.48. The zero-order valence-corrected chi connectivity index (χ0v) is 22.2. The van der Waals surface area contributed by atoms with Crippen molar-refractivity contribution in [3.63, 3.8) is 0 Å². The number of fused-ring (bicyclic) bond motifs is 2. The van der Waals surface area contributed by atoms with Gasteiger partial charge in [-0.25, -0.2) is 14.6 Å². The van der Waals surface area contributed by atoms with Gasteiger partial charge in [0.1, 0.15) is 29.0 Å². The van der Waals surface area contributed by atoms with E-state index in [4.69, 9.17) is 0 Å². The molecule has 2 N–H and O–H groups in total. The van der Waals surface area contributed by atoms with Gasteiger partial charge in [-0.05, 0) is 50.8 Å². The van der Waals surface area contributed by atoms with E-state index >= 15 is 0 Å². The Morgan fingerprint density at radius 3 is 2.68 bits per heavy atom. The first-order chi connectivity index (χ1) is 17.6. The summed E-state index contributed by atoms with van der Waals surface area (Å²) in [6.07, 6.45) is 3.14. The number of nitrogens with zero attached hydrogens (tertiary/aromatic N) is 6. The number of likely N-dealkylation sites (N-methyl/N-ethyl adjacent to an activating group) is 1. The van der Waals surface area contributed by atoms with Gasteiger partial charge in [-0.1, -0.05) is 13.8 Å². The van der Waals surface area contributed by atoms with Crippen LogP contribution in [0.4, 0.5) is 0 Å². The molecule has 4 rings (SSSR count). The van der Waals surface area contributed by atoms with E-state index in [9.17, 15) is 14.4 Å². The molecule has 198 valence electrons. The van der Waals surface area contributed by atoms with Crippen LogP contribution in [0, 0.1) is 12.8 Å². The van der Waals surface area contributed by atoms with Crippen LogP contribution in [0.1, 0.15) is 68.2 Å². The number of hydrogen-bond acceptors (Lipinski definition) is 6. The van der Waals surface area contributed by atoms with Gasteiger partial charge in [-0.3, -0.25) is 14.4 Å². The number of aromatic nitrogens is 5. The second-order valence-electron chi connectivity index (χ2n) is 10.1. The van der Waals surface area contributed by atoms with Crippen molar-refractivity contribution >= 4 is 28.8 Å². The maximum atomic E-state index is 13.5. The summed E-state index contributed by atoms with van der Waals surface area (Å²) in [7, 11) is 1.64. The van der Waals surface area contributed by atoms with E-state index < -0.39 is 6.04 Å². The van der Waals surface area contributed by atoms with Gasteiger partial charge in [0.2, 0.25) is 11.8 Å². The molecule has 1 aliphatic rings. The molecule has 2 atom stereocenters. The Morgan fingerprint density at radius 1 is 1.14 bits per heavy atom. The fourth-order valence-electron chi connectivity index (χ4n) is 4.62. The molecule has 37 heavy (non-hydrogen) atoms. The molecule has 0 saturated heterocycles. The first-order valence-electron chi connectivity index (χ1n) is 12.8. The zero-order valence-electron chi connectivity index (χ0n) is 22.2. The van der Waals surface area contributed by atoms with Gasteiger partial charge in [0.25, 0.3) is 5.91 Å². The summed E-state index contributed by atoms with van der Waals surface area (Å²) in [6.45, 7) is 8.84. The third kappa shape index (κ3) is 5.98. The highest BCUT2D eigenvalue weighted by atomic mass is 16.2. The van der Waals surface area contributed by atoms with Crippen molar-refractivity contribution in [3.8, 4) is 0 Å². The summed E-state index contributed by atoms with van der Waals surface area (Å²) >= 11 is 0. The van der Waals surface area contributed by atoms with Gasteiger partial charge in [-0.2, -0.15) is 5.10 Å². The quantitative estimate of drug-likeness (QED) is 0.559. The molecule has 3 aromatic rings. The minimum Gasteiger partial charge on any atom is -0.346 e. The van der Waals surface area contributed by atoms with Gasteiger partial charge in [0.05, 0.1) is 12.6 Å². The molecule has 0 fully saturated rings. The maximum Gasteiger partial charge on any atom is 0.272 e. The number of hydrogen-bond donors (Lipinski definition) is 2. The Labute approximate surface area is 216 Å². The zero-order chi connectivity index (χ0) is 26.7. The topological polar surface area (TPSA) is 129 Å². The Kier molecular flexibility index (Phi) is 7.89. The molecular weight excluding hydrogens is 472 g/mol. The molecular formula is C26H36N8O3. The lowest BCUT2D eigenvalue weighted by molar-refractivity contribution is -0.138. The van der Waals surface area contributed by atoms with Gasteiger partial charge in [-0.15, -0.1) is 0 Å². The molecule has 0 aromatic carbocycles. The van der Waals surface area contributed by atoms with Gasteiger partial charge < -0.3 is 20.1 Å². The number of carbonyl (C=O) groups excluding carboxylic acids is 3. The third-order valence-corrected chi connectivity index (χ3v) is 6.81. The van der Waals surface area contributed by atoms with Crippen LogP contribution in [-0.2, 0) is 16.1 Å². The van der Waals surface area contributed by atoms with E-state index in [1.54, 1.807) is 35.8 Å². The van der Waals surface area contributed by atoms with Crippen LogP contribution >= 0.6 is 0 Å². The van der Waals surface area contributed by atoms with Crippen molar-refractivity contribution in [1.29, 1.82) is 0 Å². The summed E-state index contributed by atoms with van der Waals surface area (Å²) < 4.78 is 1.79. The van der Waals surface area contributed by atoms with E-state index in [0.717, 1.165) is 5.39 Å². The van der Waals surface area contributed by atoms with Crippen molar-refractivity contribution in [2.45, 2.75) is 65.6 Å². The molecule has 0 spiro atoms. The average molecular weight is 509 g/mol. The molecule has 11 nitrogen and oxygen atoms in total. The molecule has 3 amide bonds. The van der Waals surface area contributed by atoms with Crippen molar-refractivity contribution in [2.75, 3.05) is 20.1 Å². The van der Waals surface area contributed by atoms with Crippen molar-refractivity contribution in [3.05, 3.63) is 41.7 Å². The lowest BCUT2D eigenvalue weighted by Gasteiger charge is -2.29. The Morgan fingerprint density at radius 2 is 1.92 bits per heavy atom. The summed E-state index contributed by atoms with van der Waals surface area (Å²) in [4.78, 5) is 54.9. The Balaban J connectivity index is 1.66. The van der Waals surface area contributed by atoms with Crippen LogP contribution in [0.2, 0.25) is 0 Å². The summed E-state index contributed by atoms with van der Waals surface area (Å²) in [5.74, 6) is 0.959. The monoisotopic (exact) mass is 508 g/mol. The van der Waals surface area contributed by atoms with Crippen LogP contribution in [0.5, 0.6) is 0 Å². The maximum absolute atomic E-state index is 13.5. The van der Waals surface area contributed by atoms with Crippen molar-refractivity contribution in [1.82, 2.24) is 39.8 Å². The van der Waals surface area contributed by atoms with E-state index in [0.29, 0.717) is 55.5 Å². The molecule has 0 saturated carbocycles. The molecule has 0 aliphatic carbocycles. The predicted molar refractivity (Wildman–Crippen MR) is 139 cm³/mol. The number of aryl methyl sites for hydroxylation is 1. The standard InChI is InChI=1S/C26H36N8O3/c1-16(2)15-21-24-28-18(4)31-34(24)14-13-33(12-6-7-22(35)32(5)17(3)25(36)30-21)26(37)20-9-8-19-10-11-27-23(19)29-20/h8-11,16-17,21H,6-7,12-15H2,1-5H3,(H,27,29)(H,30,36)/t17-,21+/m0/s1. The minimum absolute atomic E-state index is 0.141. The smallest absolute Gasteiger partial charge is 0.272 e. The van der Waals surface area contributed by atoms with Crippen molar-refractivity contribution < 1.29 is 14.4 Å². The number of H-pyrrole nitrogens is 1. The molecule has 3 aromatic heterocycles. The lowest BCUT2D eigenvalue weighted by Crippen LogP contribution is -2.47. The first-order valence-corrected chi connectivity index (χ1v) is 12.8. The van der Waals surface area contributed by atoms with Crippen LogP contribution in [-0.4, -0.2) is 78.4 Å². The number of amides is 3. The minimum atomic E-state index is -0.642. The Hall–Kier alpha value is -3.76. The molecule has 0 unspecified atom stereocenters. The molecule has 11 heteroatoms. The lowest BCUT2D eigenvalue weighted by atomic mass is 10.0. The summed E-state index contributed by atoms with van der Waals surface area (Å²) in [6, 6.07) is 4.49. The fraction of sp³-hybridized carbons (Fsp3) is 0.538. The number of carbonyl (C=O) groups is 3. The van der Waals surface area contributed by atoms with Crippen LogP contribution in [0.25, 0.3) is 11.0 Å². The van der Waals surface area contributed by atoms with Gasteiger partial charge in [0, 0.05) is 38.1 Å².